The van der Waals surface area contributed by atoms with Gasteiger partial charge in [0.1, 0.15) is 0 Å². The molecule has 1 unspecified atom stereocenters. The summed E-state index contributed by atoms with van der Waals surface area (Å²) in [7, 11) is 1.88. The number of nitrogens with zero attached hydrogens (tertiary/aromatic N) is 2. The molecule has 3 nitrogen and oxygen atoms in total. The van der Waals surface area contributed by atoms with Gasteiger partial charge in [0.2, 0.25) is 0 Å². The Morgan fingerprint density at radius 3 is 2.62 bits per heavy atom. The highest BCUT2D eigenvalue weighted by Crippen LogP contribution is 2.26. The smallest absolute Gasteiger partial charge is 0.193 e. The zero-order valence-electron chi connectivity index (χ0n) is 13.9. The fraction of sp³-hybridized carbons (Fsp3) is 0.611. The molecule has 1 heterocycles. The number of rotatable bonds is 3. The number of likely N-dealkylation sites (tertiary alicyclic amines) is 1. The third-order valence-electron chi connectivity index (χ3n) is 4.13. The Morgan fingerprint density at radius 1 is 1.29 bits per heavy atom. The fourth-order valence-electron chi connectivity index (χ4n) is 2.83. The molecule has 0 aliphatic carbocycles. The standard InChI is InChI=1S/C18H29N3/c1-18(2,3)11-12-20-17(19-4)21-13-10-16(14-21)15-8-6-5-7-9-15/h5-9,16H,10-14H2,1-4H3,(H,19,20). The number of hydrogen-bond donors (Lipinski definition) is 1. The number of nitrogens with one attached hydrogen (secondary N) is 1. The molecule has 0 saturated carbocycles. The molecule has 116 valence electrons. The van der Waals surface area contributed by atoms with E-state index in [2.05, 4.69) is 66.3 Å². The Bertz CT molecular complexity index is 459. The van der Waals surface area contributed by atoms with Crippen molar-refractivity contribution >= 4 is 5.96 Å². The van der Waals surface area contributed by atoms with Gasteiger partial charge in [-0.3, -0.25) is 4.99 Å². The molecule has 0 spiro atoms. The van der Waals surface area contributed by atoms with Crippen LogP contribution in [0.1, 0.15) is 45.1 Å². The summed E-state index contributed by atoms with van der Waals surface area (Å²) in [5, 5.41) is 3.52. The summed E-state index contributed by atoms with van der Waals surface area (Å²) in [4.78, 5) is 6.84. The number of benzene rings is 1. The summed E-state index contributed by atoms with van der Waals surface area (Å²) >= 11 is 0. The highest BCUT2D eigenvalue weighted by Gasteiger charge is 2.25. The van der Waals surface area contributed by atoms with Crippen molar-refractivity contribution < 1.29 is 0 Å². The second-order valence-electron chi connectivity index (χ2n) is 7.13. The van der Waals surface area contributed by atoms with E-state index in [-0.39, 0.29) is 0 Å². The van der Waals surface area contributed by atoms with E-state index in [4.69, 9.17) is 0 Å². The molecular formula is C18H29N3. The lowest BCUT2D eigenvalue weighted by molar-refractivity contribution is 0.372. The van der Waals surface area contributed by atoms with Crippen LogP contribution in [-0.4, -0.2) is 37.5 Å². The molecule has 1 aliphatic heterocycles. The predicted molar refractivity (Wildman–Crippen MR) is 90.8 cm³/mol. The van der Waals surface area contributed by atoms with Crippen molar-refractivity contribution in [2.45, 2.75) is 39.5 Å². The Morgan fingerprint density at radius 2 is 2.00 bits per heavy atom. The molecule has 0 amide bonds. The lowest BCUT2D eigenvalue weighted by Gasteiger charge is -2.24. The molecule has 1 N–H and O–H groups in total. The highest BCUT2D eigenvalue weighted by molar-refractivity contribution is 5.80. The molecule has 2 rings (SSSR count). The fourth-order valence-corrected chi connectivity index (χ4v) is 2.83. The van der Waals surface area contributed by atoms with Crippen molar-refractivity contribution in [2.75, 3.05) is 26.7 Å². The average Bonchev–Trinajstić information content (AvgIpc) is 2.93. The van der Waals surface area contributed by atoms with E-state index >= 15 is 0 Å². The van der Waals surface area contributed by atoms with Gasteiger partial charge >= 0.3 is 0 Å². The van der Waals surface area contributed by atoms with Gasteiger partial charge in [0.05, 0.1) is 0 Å². The number of hydrogen-bond acceptors (Lipinski definition) is 1. The normalized spacial score (nSPS) is 19.9. The van der Waals surface area contributed by atoms with Crippen molar-refractivity contribution in [3.8, 4) is 0 Å². The van der Waals surface area contributed by atoms with E-state index in [0.29, 0.717) is 11.3 Å². The summed E-state index contributed by atoms with van der Waals surface area (Å²) < 4.78 is 0. The van der Waals surface area contributed by atoms with Gasteiger partial charge in [-0.05, 0) is 23.8 Å². The van der Waals surface area contributed by atoms with Crippen LogP contribution in [0.15, 0.2) is 35.3 Å². The minimum atomic E-state index is 0.365. The molecule has 1 fully saturated rings. The largest absolute Gasteiger partial charge is 0.356 e. The summed E-state index contributed by atoms with van der Waals surface area (Å²) in [6, 6.07) is 10.8. The highest BCUT2D eigenvalue weighted by atomic mass is 15.3. The predicted octanol–water partition coefficient (Wildman–Crippen LogP) is 3.49. The second kappa shape index (κ2) is 6.97. The van der Waals surface area contributed by atoms with E-state index in [1.165, 1.54) is 12.0 Å². The van der Waals surface area contributed by atoms with Gasteiger partial charge in [0.15, 0.2) is 5.96 Å². The molecular weight excluding hydrogens is 258 g/mol. The van der Waals surface area contributed by atoms with E-state index in [9.17, 15) is 0 Å². The van der Waals surface area contributed by atoms with Crippen LogP contribution in [0, 0.1) is 5.41 Å². The van der Waals surface area contributed by atoms with Crippen molar-refractivity contribution in [3.63, 3.8) is 0 Å². The lowest BCUT2D eigenvalue weighted by atomic mass is 9.92. The van der Waals surface area contributed by atoms with Crippen LogP contribution in [-0.2, 0) is 0 Å². The Labute approximate surface area is 129 Å². The number of guanidine groups is 1. The molecule has 0 bridgehead atoms. The summed E-state index contributed by atoms with van der Waals surface area (Å²) in [6.45, 7) is 9.98. The van der Waals surface area contributed by atoms with Gasteiger partial charge in [0.25, 0.3) is 0 Å². The lowest BCUT2D eigenvalue weighted by Crippen LogP contribution is -2.41. The first-order chi connectivity index (χ1) is 9.99. The summed E-state index contributed by atoms with van der Waals surface area (Å²) in [6.07, 6.45) is 2.37. The van der Waals surface area contributed by atoms with Crippen LogP contribution < -0.4 is 5.32 Å². The van der Waals surface area contributed by atoms with Crippen LogP contribution in [0.5, 0.6) is 0 Å². The van der Waals surface area contributed by atoms with Crippen molar-refractivity contribution in [3.05, 3.63) is 35.9 Å². The van der Waals surface area contributed by atoms with Crippen molar-refractivity contribution in [1.29, 1.82) is 0 Å². The topological polar surface area (TPSA) is 27.6 Å². The van der Waals surface area contributed by atoms with Crippen molar-refractivity contribution in [2.24, 2.45) is 10.4 Å². The van der Waals surface area contributed by atoms with Crippen molar-refractivity contribution in [1.82, 2.24) is 10.2 Å². The van der Waals surface area contributed by atoms with E-state index in [1.54, 1.807) is 0 Å². The first kappa shape index (κ1) is 15.9. The van der Waals surface area contributed by atoms with E-state index < -0.39 is 0 Å². The molecule has 0 radical (unpaired) electrons. The van der Waals surface area contributed by atoms with E-state index in [0.717, 1.165) is 32.0 Å². The first-order valence-corrected chi connectivity index (χ1v) is 8.00. The average molecular weight is 287 g/mol. The molecule has 1 aliphatic rings. The Hall–Kier alpha value is -1.51. The molecule has 1 saturated heterocycles. The third-order valence-corrected chi connectivity index (χ3v) is 4.13. The molecule has 1 atom stereocenters. The van der Waals surface area contributed by atoms with Gasteiger partial charge in [-0.15, -0.1) is 0 Å². The maximum Gasteiger partial charge on any atom is 0.193 e. The number of aliphatic imine (C=N–C) groups is 1. The summed E-state index contributed by atoms with van der Waals surface area (Å²) in [5.74, 6) is 1.69. The van der Waals surface area contributed by atoms with Gasteiger partial charge < -0.3 is 10.2 Å². The summed E-state index contributed by atoms with van der Waals surface area (Å²) in [5.41, 5.74) is 1.81. The Kier molecular flexibility index (Phi) is 5.27. The quantitative estimate of drug-likeness (QED) is 0.681. The van der Waals surface area contributed by atoms with Crippen LogP contribution in [0.3, 0.4) is 0 Å². The maximum atomic E-state index is 4.45. The third kappa shape index (κ3) is 4.76. The van der Waals surface area contributed by atoms with Crippen LogP contribution in [0.4, 0.5) is 0 Å². The van der Waals surface area contributed by atoms with Gasteiger partial charge in [-0.2, -0.15) is 0 Å². The second-order valence-corrected chi connectivity index (χ2v) is 7.13. The SMILES string of the molecule is CN=C(NCCC(C)(C)C)N1CCC(c2ccccc2)C1. The van der Waals surface area contributed by atoms with Gasteiger partial charge in [0, 0.05) is 32.6 Å². The van der Waals surface area contributed by atoms with Crippen LogP contribution in [0.2, 0.25) is 0 Å². The zero-order valence-corrected chi connectivity index (χ0v) is 13.9. The monoisotopic (exact) mass is 287 g/mol. The van der Waals surface area contributed by atoms with Gasteiger partial charge in [-0.1, -0.05) is 51.1 Å². The zero-order chi connectivity index (χ0) is 15.3. The first-order valence-electron chi connectivity index (χ1n) is 8.00. The Balaban J connectivity index is 1.87. The minimum Gasteiger partial charge on any atom is -0.356 e. The minimum absolute atomic E-state index is 0.365. The molecule has 1 aromatic rings. The molecule has 3 heteroatoms. The molecule has 21 heavy (non-hydrogen) atoms. The van der Waals surface area contributed by atoms with Gasteiger partial charge in [-0.25, -0.2) is 0 Å². The molecule has 1 aromatic carbocycles. The maximum absolute atomic E-state index is 4.45. The van der Waals surface area contributed by atoms with Crippen LogP contribution in [0.25, 0.3) is 0 Å². The van der Waals surface area contributed by atoms with Crippen LogP contribution >= 0.6 is 0 Å². The molecule has 0 aromatic heterocycles. The van der Waals surface area contributed by atoms with E-state index in [1.807, 2.05) is 7.05 Å².